The summed E-state index contributed by atoms with van der Waals surface area (Å²) < 4.78 is 54.3. The van der Waals surface area contributed by atoms with E-state index in [1.54, 1.807) is 25.3 Å². The normalized spacial score (nSPS) is 11.2. The first kappa shape index (κ1) is 21.4. The van der Waals surface area contributed by atoms with Crippen LogP contribution in [0.4, 0.5) is 14.5 Å². The SMILES string of the molecule is Cc1cncc(NS(=O)(=O)c2ccccc2C(=O)NCCc2ccc(F)c(F)c2)c1. The van der Waals surface area contributed by atoms with Crippen molar-refractivity contribution < 1.29 is 22.0 Å². The third-order valence-electron chi connectivity index (χ3n) is 4.23. The van der Waals surface area contributed by atoms with Gasteiger partial charge in [-0.3, -0.25) is 14.5 Å². The summed E-state index contributed by atoms with van der Waals surface area (Å²) in [5.41, 5.74) is 1.53. The zero-order valence-electron chi connectivity index (χ0n) is 16.0. The Morgan fingerprint density at radius 1 is 1.03 bits per heavy atom. The fourth-order valence-electron chi connectivity index (χ4n) is 2.82. The highest BCUT2D eigenvalue weighted by Crippen LogP contribution is 2.20. The molecule has 1 aromatic heterocycles. The van der Waals surface area contributed by atoms with Gasteiger partial charge in [0, 0.05) is 12.7 Å². The number of nitrogens with zero attached hydrogens (tertiary/aromatic N) is 1. The molecule has 0 aliphatic heterocycles. The Morgan fingerprint density at radius 2 is 1.80 bits per heavy atom. The van der Waals surface area contributed by atoms with Crippen molar-refractivity contribution in [2.45, 2.75) is 18.2 Å². The summed E-state index contributed by atoms with van der Waals surface area (Å²) in [5.74, 6) is -2.51. The van der Waals surface area contributed by atoms with Gasteiger partial charge in [-0.1, -0.05) is 18.2 Å². The number of amides is 1. The van der Waals surface area contributed by atoms with Crippen LogP contribution in [-0.2, 0) is 16.4 Å². The van der Waals surface area contributed by atoms with E-state index in [4.69, 9.17) is 0 Å². The summed E-state index contributed by atoms with van der Waals surface area (Å²) in [6.07, 6.45) is 3.21. The van der Waals surface area contributed by atoms with Gasteiger partial charge in [-0.15, -0.1) is 0 Å². The topological polar surface area (TPSA) is 88.2 Å². The molecule has 0 aliphatic carbocycles. The van der Waals surface area contributed by atoms with E-state index in [2.05, 4.69) is 15.0 Å². The van der Waals surface area contributed by atoms with Crippen LogP contribution in [0.15, 0.2) is 65.8 Å². The average Bonchev–Trinajstić information content (AvgIpc) is 2.70. The molecule has 6 nitrogen and oxygen atoms in total. The number of pyridine rings is 1. The van der Waals surface area contributed by atoms with Crippen LogP contribution in [-0.4, -0.2) is 25.9 Å². The minimum Gasteiger partial charge on any atom is -0.352 e. The lowest BCUT2D eigenvalue weighted by molar-refractivity contribution is 0.0951. The van der Waals surface area contributed by atoms with Gasteiger partial charge < -0.3 is 5.32 Å². The summed E-state index contributed by atoms with van der Waals surface area (Å²) in [6, 6.07) is 10.9. The summed E-state index contributed by atoms with van der Waals surface area (Å²) in [4.78, 5) is 16.3. The number of aryl methyl sites for hydroxylation is 1. The molecule has 30 heavy (non-hydrogen) atoms. The van der Waals surface area contributed by atoms with E-state index in [0.29, 0.717) is 5.56 Å². The van der Waals surface area contributed by atoms with Crippen molar-refractivity contribution in [1.82, 2.24) is 10.3 Å². The lowest BCUT2D eigenvalue weighted by atomic mass is 10.1. The summed E-state index contributed by atoms with van der Waals surface area (Å²) >= 11 is 0. The molecule has 0 fully saturated rings. The van der Waals surface area contributed by atoms with Crippen molar-refractivity contribution in [1.29, 1.82) is 0 Å². The highest BCUT2D eigenvalue weighted by Gasteiger charge is 2.22. The summed E-state index contributed by atoms with van der Waals surface area (Å²) in [6.45, 7) is 1.90. The van der Waals surface area contributed by atoms with Gasteiger partial charge in [-0.2, -0.15) is 0 Å². The van der Waals surface area contributed by atoms with Crippen LogP contribution >= 0.6 is 0 Å². The predicted octanol–water partition coefficient (Wildman–Crippen LogP) is 3.44. The highest BCUT2D eigenvalue weighted by molar-refractivity contribution is 7.92. The van der Waals surface area contributed by atoms with Crippen molar-refractivity contribution in [3.63, 3.8) is 0 Å². The minimum atomic E-state index is -4.04. The first-order valence-electron chi connectivity index (χ1n) is 9.02. The second kappa shape index (κ2) is 9.00. The molecule has 2 aromatic carbocycles. The third-order valence-corrected chi connectivity index (χ3v) is 5.67. The average molecular weight is 431 g/mol. The van der Waals surface area contributed by atoms with Crippen LogP contribution < -0.4 is 10.0 Å². The van der Waals surface area contributed by atoms with E-state index in [9.17, 15) is 22.0 Å². The number of aromatic nitrogens is 1. The fraction of sp³-hybridized carbons (Fsp3) is 0.143. The van der Waals surface area contributed by atoms with Crippen LogP contribution in [0.5, 0.6) is 0 Å². The first-order chi connectivity index (χ1) is 14.3. The molecular formula is C21H19F2N3O3S. The zero-order chi connectivity index (χ0) is 21.7. The summed E-state index contributed by atoms with van der Waals surface area (Å²) in [7, 11) is -4.04. The molecule has 3 aromatic rings. The van der Waals surface area contributed by atoms with Crippen molar-refractivity contribution in [3.8, 4) is 0 Å². The van der Waals surface area contributed by atoms with Crippen LogP contribution in [0, 0.1) is 18.6 Å². The minimum absolute atomic E-state index is 0.0316. The number of carbonyl (C=O) groups excluding carboxylic acids is 1. The molecule has 0 bridgehead atoms. The van der Waals surface area contributed by atoms with Gasteiger partial charge >= 0.3 is 0 Å². The number of anilines is 1. The molecule has 9 heteroatoms. The number of rotatable bonds is 7. The molecule has 0 radical (unpaired) electrons. The van der Waals surface area contributed by atoms with Gasteiger partial charge in [0.2, 0.25) is 0 Å². The molecular weight excluding hydrogens is 412 g/mol. The van der Waals surface area contributed by atoms with E-state index in [1.165, 1.54) is 30.5 Å². The molecule has 2 N–H and O–H groups in total. The second-order valence-corrected chi connectivity index (χ2v) is 8.26. The van der Waals surface area contributed by atoms with Gasteiger partial charge in [-0.25, -0.2) is 17.2 Å². The van der Waals surface area contributed by atoms with E-state index >= 15 is 0 Å². The van der Waals surface area contributed by atoms with E-state index < -0.39 is 27.6 Å². The smallest absolute Gasteiger partial charge is 0.262 e. The molecule has 1 amide bonds. The standard InChI is InChI=1S/C21H19F2N3O3S/c1-14-10-16(13-24-12-14)26-30(28,29)20-5-3-2-4-17(20)21(27)25-9-8-15-6-7-18(22)19(23)11-15/h2-7,10-13,26H,8-9H2,1H3,(H,25,27). The zero-order valence-corrected chi connectivity index (χ0v) is 16.8. The van der Waals surface area contributed by atoms with E-state index in [-0.39, 0.29) is 29.1 Å². The first-order valence-corrected chi connectivity index (χ1v) is 10.5. The quantitative estimate of drug-likeness (QED) is 0.600. The maximum atomic E-state index is 13.3. The number of halogens is 2. The second-order valence-electron chi connectivity index (χ2n) is 6.61. The van der Waals surface area contributed by atoms with E-state index in [0.717, 1.165) is 17.7 Å². The van der Waals surface area contributed by atoms with Crippen molar-refractivity contribution in [2.75, 3.05) is 11.3 Å². The van der Waals surface area contributed by atoms with Crippen LogP contribution in [0.2, 0.25) is 0 Å². The molecule has 3 rings (SSSR count). The van der Waals surface area contributed by atoms with Crippen molar-refractivity contribution >= 4 is 21.6 Å². The number of hydrogen-bond acceptors (Lipinski definition) is 4. The lowest BCUT2D eigenvalue weighted by Crippen LogP contribution is -2.28. The number of nitrogens with one attached hydrogen (secondary N) is 2. The molecule has 0 spiro atoms. The Kier molecular flexibility index (Phi) is 6.41. The van der Waals surface area contributed by atoms with Crippen LogP contribution in [0.1, 0.15) is 21.5 Å². The monoisotopic (exact) mass is 431 g/mol. The molecule has 0 aliphatic rings. The predicted molar refractivity (Wildman–Crippen MR) is 109 cm³/mol. The maximum Gasteiger partial charge on any atom is 0.262 e. The van der Waals surface area contributed by atoms with Gasteiger partial charge in [0.05, 0.1) is 17.4 Å². The van der Waals surface area contributed by atoms with Crippen molar-refractivity contribution in [3.05, 3.63) is 89.2 Å². The largest absolute Gasteiger partial charge is 0.352 e. The van der Waals surface area contributed by atoms with E-state index in [1.807, 2.05) is 0 Å². The third kappa shape index (κ3) is 5.18. The number of hydrogen-bond donors (Lipinski definition) is 2. The Hall–Kier alpha value is -3.33. The molecule has 0 atom stereocenters. The fourth-order valence-corrected chi connectivity index (χ4v) is 4.06. The molecule has 1 heterocycles. The maximum absolute atomic E-state index is 13.3. The number of sulfonamides is 1. The van der Waals surface area contributed by atoms with Crippen LogP contribution in [0.25, 0.3) is 0 Å². The number of benzene rings is 2. The Morgan fingerprint density at radius 3 is 2.53 bits per heavy atom. The Labute approximate surface area is 173 Å². The molecule has 0 unspecified atom stereocenters. The summed E-state index contributed by atoms with van der Waals surface area (Å²) in [5, 5.41) is 2.61. The Bertz CT molecular complexity index is 1180. The Balaban J connectivity index is 1.73. The number of carbonyl (C=O) groups is 1. The van der Waals surface area contributed by atoms with Gasteiger partial charge in [-0.05, 0) is 54.8 Å². The van der Waals surface area contributed by atoms with Gasteiger partial charge in [0.25, 0.3) is 15.9 Å². The van der Waals surface area contributed by atoms with Gasteiger partial charge in [0.15, 0.2) is 11.6 Å². The molecule has 0 saturated carbocycles. The molecule has 0 saturated heterocycles. The lowest BCUT2D eigenvalue weighted by Gasteiger charge is -2.13. The van der Waals surface area contributed by atoms with Crippen LogP contribution in [0.3, 0.4) is 0 Å². The van der Waals surface area contributed by atoms with Gasteiger partial charge in [0.1, 0.15) is 4.90 Å². The van der Waals surface area contributed by atoms with Crippen molar-refractivity contribution in [2.24, 2.45) is 0 Å². The highest BCUT2D eigenvalue weighted by atomic mass is 32.2. The molecule has 156 valence electrons.